The highest BCUT2D eigenvalue weighted by molar-refractivity contribution is 7.22. The minimum Gasteiger partial charge on any atom is -0.489 e. The van der Waals surface area contributed by atoms with Crippen LogP contribution >= 0.6 is 11.3 Å². The number of carboxylic acids is 1. The van der Waals surface area contributed by atoms with Gasteiger partial charge in [0.2, 0.25) is 0 Å². The third-order valence-corrected chi connectivity index (χ3v) is 8.10. The fourth-order valence-electron chi connectivity index (χ4n) is 4.54. The van der Waals surface area contributed by atoms with Gasteiger partial charge in [-0.25, -0.2) is 4.79 Å². The summed E-state index contributed by atoms with van der Waals surface area (Å²) < 4.78 is 45.4. The zero-order valence-corrected chi connectivity index (χ0v) is 26.5. The molecule has 4 rings (SSSR count). The van der Waals surface area contributed by atoms with Crippen LogP contribution in [0.15, 0.2) is 59.4 Å². The molecule has 0 atom stereocenters. The second kappa shape index (κ2) is 16.9. The molecule has 248 valence electrons. The molecule has 46 heavy (non-hydrogen) atoms. The number of aromatic nitrogens is 1. The van der Waals surface area contributed by atoms with E-state index in [9.17, 15) is 27.6 Å². The third kappa shape index (κ3) is 9.14. The molecule has 4 aromatic rings. The maximum absolute atomic E-state index is 14.0. The van der Waals surface area contributed by atoms with Gasteiger partial charge in [-0.3, -0.25) is 19.0 Å². The maximum Gasteiger partial charge on any atom is 0.490 e. The monoisotopic (exact) mass is 663 g/mol. The number of ketones is 1. The van der Waals surface area contributed by atoms with Crippen LogP contribution in [0.2, 0.25) is 0 Å². The molecule has 2 aromatic heterocycles. The molecule has 10 nitrogen and oxygen atoms in total. The number of Topliss-reactive ketones (excluding diaryl/α,β-unsaturated/α-hetero) is 1. The lowest BCUT2D eigenvalue weighted by atomic mass is 10.1. The van der Waals surface area contributed by atoms with Crippen LogP contribution in [0.3, 0.4) is 0 Å². The van der Waals surface area contributed by atoms with Crippen molar-refractivity contribution >= 4 is 50.0 Å². The van der Waals surface area contributed by atoms with Crippen molar-refractivity contribution in [2.45, 2.75) is 33.5 Å². The van der Waals surface area contributed by atoms with Gasteiger partial charge in [0, 0.05) is 30.6 Å². The lowest BCUT2D eigenvalue weighted by Gasteiger charge is -2.18. The number of nitrogens with one attached hydrogen (secondary N) is 1. The minimum atomic E-state index is -5.08. The highest BCUT2D eigenvalue weighted by atomic mass is 32.1. The first-order valence-electron chi connectivity index (χ1n) is 14.6. The van der Waals surface area contributed by atoms with Gasteiger partial charge in [-0.2, -0.15) is 13.2 Å². The summed E-state index contributed by atoms with van der Waals surface area (Å²) in [4.78, 5) is 52.0. The molecule has 0 spiro atoms. The molecule has 2 aromatic carbocycles. The smallest absolute Gasteiger partial charge is 0.489 e. The average molecular weight is 664 g/mol. The Morgan fingerprint density at radius 1 is 0.978 bits per heavy atom. The first kappa shape index (κ1) is 36.2. The highest BCUT2D eigenvalue weighted by Gasteiger charge is 2.38. The van der Waals surface area contributed by atoms with Crippen molar-refractivity contribution in [1.29, 1.82) is 0 Å². The number of nitrogens with zero attached hydrogens (tertiary/aromatic N) is 2. The summed E-state index contributed by atoms with van der Waals surface area (Å²) in [6.07, 6.45) is -5.08. The number of benzene rings is 2. The number of pyridine rings is 1. The van der Waals surface area contributed by atoms with E-state index < -0.39 is 12.1 Å². The molecule has 0 radical (unpaired) electrons. The molecule has 0 aliphatic rings. The van der Waals surface area contributed by atoms with Crippen molar-refractivity contribution in [3.8, 4) is 5.75 Å². The maximum atomic E-state index is 14.0. The number of hydrogen-bond donors (Lipinski definition) is 2. The van der Waals surface area contributed by atoms with Crippen LogP contribution in [0.1, 0.15) is 40.8 Å². The summed E-state index contributed by atoms with van der Waals surface area (Å²) in [5.41, 5.74) is 0.799. The summed E-state index contributed by atoms with van der Waals surface area (Å²) in [7, 11) is 0. The van der Waals surface area contributed by atoms with Gasteiger partial charge in [-0.15, -0.1) is 11.3 Å². The van der Waals surface area contributed by atoms with Crippen molar-refractivity contribution in [2.75, 3.05) is 46.0 Å². The van der Waals surface area contributed by atoms with Crippen molar-refractivity contribution in [2.24, 2.45) is 0 Å². The number of rotatable bonds is 14. The molecule has 0 saturated heterocycles. The number of likely N-dealkylation sites (N-methyl/N-ethyl adjacent to an activating group) is 1. The van der Waals surface area contributed by atoms with E-state index in [-0.39, 0.29) is 36.2 Å². The Balaban J connectivity index is 0.000000738. The Morgan fingerprint density at radius 3 is 2.22 bits per heavy atom. The number of halogens is 3. The fraction of sp³-hybridized carbons (Fsp3) is 0.375. The molecule has 2 heterocycles. The van der Waals surface area contributed by atoms with Crippen molar-refractivity contribution in [3.63, 3.8) is 0 Å². The Bertz CT molecular complexity index is 1700. The summed E-state index contributed by atoms with van der Waals surface area (Å²) in [6, 6.07) is 16.4. The van der Waals surface area contributed by atoms with Crippen LogP contribution in [0.4, 0.5) is 13.2 Å². The molecular weight excluding hydrogens is 627 g/mol. The van der Waals surface area contributed by atoms with E-state index in [1.165, 1.54) is 15.9 Å². The SMILES string of the molecule is CCOCCOc1c(C(=O)NCCN(CC)CC)sc2c1c(=O)n(CC(=O)c1ccccc1)c1ccccc21.O=C(O)C(F)(F)F. The van der Waals surface area contributed by atoms with Gasteiger partial charge >= 0.3 is 12.1 Å². The summed E-state index contributed by atoms with van der Waals surface area (Å²) in [5.74, 6) is -2.98. The largest absolute Gasteiger partial charge is 0.490 e. The van der Waals surface area contributed by atoms with E-state index in [4.69, 9.17) is 19.4 Å². The lowest BCUT2D eigenvalue weighted by Crippen LogP contribution is -2.34. The predicted octanol–water partition coefficient (Wildman–Crippen LogP) is 5.22. The summed E-state index contributed by atoms with van der Waals surface area (Å²) in [5, 5.41) is 11.2. The second-order valence-electron chi connectivity index (χ2n) is 9.79. The van der Waals surface area contributed by atoms with Crippen molar-refractivity contribution in [1.82, 2.24) is 14.8 Å². The van der Waals surface area contributed by atoms with Gasteiger partial charge in [-0.05, 0) is 26.1 Å². The van der Waals surface area contributed by atoms with Gasteiger partial charge in [0.15, 0.2) is 11.5 Å². The topological polar surface area (TPSA) is 127 Å². The van der Waals surface area contributed by atoms with E-state index in [0.717, 1.165) is 25.0 Å². The van der Waals surface area contributed by atoms with Gasteiger partial charge in [0.25, 0.3) is 11.5 Å². The molecule has 0 aliphatic carbocycles. The van der Waals surface area contributed by atoms with Crippen molar-refractivity contribution < 1.29 is 42.1 Å². The number of carbonyl (C=O) groups excluding carboxylic acids is 2. The molecule has 0 fully saturated rings. The number of hydrogen-bond acceptors (Lipinski definition) is 8. The number of fused-ring (bicyclic) bond motifs is 3. The normalized spacial score (nSPS) is 11.4. The van der Waals surface area contributed by atoms with Gasteiger partial charge in [-0.1, -0.05) is 62.4 Å². The molecule has 14 heteroatoms. The first-order chi connectivity index (χ1) is 21.9. The molecule has 2 N–H and O–H groups in total. The number of carbonyl (C=O) groups is 3. The Hall–Kier alpha value is -4.27. The van der Waals surface area contributed by atoms with Crippen LogP contribution in [-0.2, 0) is 16.1 Å². The lowest BCUT2D eigenvalue weighted by molar-refractivity contribution is -0.192. The number of thiophene rings is 1. The van der Waals surface area contributed by atoms with Crippen molar-refractivity contribution in [3.05, 3.63) is 75.4 Å². The average Bonchev–Trinajstić information content (AvgIpc) is 3.43. The molecular formula is C32H36F3N3O7S. The van der Waals surface area contributed by atoms with Gasteiger partial charge in [0.05, 0.1) is 23.4 Å². The van der Waals surface area contributed by atoms with Crippen LogP contribution in [0.25, 0.3) is 21.0 Å². The number of amides is 1. The number of ether oxygens (including phenoxy) is 2. The molecule has 0 aliphatic heterocycles. The third-order valence-electron chi connectivity index (χ3n) is 6.90. The highest BCUT2D eigenvalue weighted by Crippen LogP contribution is 2.39. The van der Waals surface area contributed by atoms with E-state index in [1.807, 2.05) is 37.3 Å². The zero-order chi connectivity index (χ0) is 33.9. The zero-order valence-electron chi connectivity index (χ0n) is 25.7. The van der Waals surface area contributed by atoms with Crippen LogP contribution < -0.4 is 15.6 Å². The number of alkyl halides is 3. The van der Waals surface area contributed by atoms with E-state index >= 15 is 0 Å². The quantitative estimate of drug-likeness (QED) is 0.139. The van der Waals surface area contributed by atoms with E-state index in [0.29, 0.717) is 45.8 Å². The number of carboxylic acid groups (broad SMARTS) is 1. The Morgan fingerprint density at radius 2 is 1.61 bits per heavy atom. The van der Waals surface area contributed by atoms with Crippen LogP contribution in [-0.4, -0.2) is 84.4 Å². The Labute approximate surface area is 267 Å². The van der Waals surface area contributed by atoms with E-state index in [1.54, 1.807) is 24.3 Å². The fourth-order valence-corrected chi connectivity index (χ4v) is 5.73. The standard InChI is InChI=1S/C30H35N3O5S.C2HF3O2/c1-4-32(5-2)17-16-31-29(35)28-26(38-19-18-37-6-3)25-27(39-28)22-14-10-11-15-23(22)33(30(25)36)20-24(34)21-12-8-7-9-13-21;3-2(4,5)1(6)7/h7-15H,4-6,16-20H2,1-3H3,(H,31,35);(H,6,7). The summed E-state index contributed by atoms with van der Waals surface area (Å²) >= 11 is 1.24. The van der Waals surface area contributed by atoms with Crippen LogP contribution in [0.5, 0.6) is 5.75 Å². The number of aliphatic carboxylic acids is 1. The molecule has 0 unspecified atom stereocenters. The minimum absolute atomic E-state index is 0.126. The summed E-state index contributed by atoms with van der Waals surface area (Å²) in [6.45, 7) is 9.97. The van der Waals surface area contributed by atoms with Gasteiger partial charge < -0.3 is 24.8 Å². The second-order valence-corrected chi connectivity index (χ2v) is 10.8. The first-order valence-corrected chi connectivity index (χ1v) is 15.4. The van der Waals surface area contributed by atoms with Gasteiger partial charge in [0.1, 0.15) is 16.9 Å². The van der Waals surface area contributed by atoms with E-state index in [2.05, 4.69) is 24.1 Å². The molecule has 1 amide bonds. The predicted molar refractivity (Wildman–Crippen MR) is 170 cm³/mol. The van der Waals surface area contributed by atoms with Crippen LogP contribution in [0, 0.1) is 0 Å². The molecule has 0 bridgehead atoms. The Kier molecular flexibility index (Phi) is 13.3. The molecule has 0 saturated carbocycles. The number of para-hydroxylation sites is 1.